The number of nitrogens with one attached hydrogen (secondary N) is 1. The molecule has 0 radical (unpaired) electrons. The summed E-state index contributed by atoms with van der Waals surface area (Å²) >= 11 is 0. The van der Waals surface area contributed by atoms with E-state index in [1.807, 2.05) is 0 Å². The van der Waals surface area contributed by atoms with E-state index in [1.54, 1.807) is 0 Å². The summed E-state index contributed by atoms with van der Waals surface area (Å²) in [6.07, 6.45) is 7.60. The predicted octanol–water partition coefficient (Wildman–Crippen LogP) is 2.03. The molecule has 2 atom stereocenters. The lowest BCUT2D eigenvalue weighted by Gasteiger charge is -2.15. The topological polar surface area (TPSA) is 12.0 Å². The molecule has 2 unspecified atom stereocenters. The standard InChI is InChI=1S/C10H19N/c1-5-7-11-10(4)8-9(3)6-2/h1,9-11H,6-8H2,2-4H3. The van der Waals surface area contributed by atoms with E-state index in [0.717, 1.165) is 5.92 Å². The number of terminal acetylenes is 1. The molecule has 0 bridgehead atoms. The van der Waals surface area contributed by atoms with Crippen molar-refractivity contribution in [3.8, 4) is 12.3 Å². The highest BCUT2D eigenvalue weighted by atomic mass is 14.9. The zero-order valence-electron chi connectivity index (χ0n) is 7.85. The van der Waals surface area contributed by atoms with Gasteiger partial charge in [0.05, 0.1) is 6.54 Å². The van der Waals surface area contributed by atoms with Crippen LogP contribution in [0.1, 0.15) is 33.6 Å². The lowest BCUT2D eigenvalue weighted by atomic mass is 10.0. The van der Waals surface area contributed by atoms with Crippen LogP contribution in [0.5, 0.6) is 0 Å². The molecule has 0 spiro atoms. The second-order valence-corrected chi connectivity index (χ2v) is 3.24. The maximum Gasteiger partial charge on any atom is 0.0575 e. The number of rotatable bonds is 5. The summed E-state index contributed by atoms with van der Waals surface area (Å²) in [5, 5.41) is 3.26. The summed E-state index contributed by atoms with van der Waals surface area (Å²) in [6, 6.07) is 0.556. The smallest absolute Gasteiger partial charge is 0.0575 e. The number of hydrogen-bond donors (Lipinski definition) is 1. The average Bonchev–Trinajstić information content (AvgIpc) is 2.00. The van der Waals surface area contributed by atoms with Gasteiger partial charge in [-0.1, -0.05) is 26.2 Å². The molecular weight excluding hydrogens is 134 g/mol. The summed E-state index contributed by atoms with van der Waals surface area (Å²) in [7, 11) is 0. The molecule has 1 heteroatoms. The van der Waals surface area contributed by atoms with Gasteiger partial charge in [0.1, 0.15) is 0 Å². The molecule has 0 aliphatic rings. The normalized spacial score (nSPS) is 15.5. The SMILES string of the molecule is C#CCNC(C)CC(C)CC. The highest BCUT2D eigenvalue weighted by Gasteiger charge is 2.04. The van der Waals surface area contributed by atoms with Crippen molar-refractivity contribution in [3.05, 3.63) is 0 Å². The highest BCUT2D eigenvalue weighted by Crippen LogP contribution is 2.08. The van der Waals surface area contributed by atoms with Gasteiger partial charge < -0.3 is 5.32 Å². The Morgan fingerprint density at radius 1 is 1.45 bits per heavy atom. The Bertz CT molecular complexity index is 123. The van der Waals surface area contributed by atoms with Gasteiger partial charge in [-0.05, 0) is 19.3 Å². The summed E-state index contributed by atoms with van der Waals surface area (Å²) in [5.41, 5.74) is 0. The zero-order valence-corrected chi connectivity index (χ0v) is 7.85. The van der Waals surface area contributed by atoms with Crippen LogP contribution in [0.25, 0.3) is 0 Å². The second-order valence-electron chi connectivity index (χ2n) is 3.24. The molecule has 0 aliphatic carbocycles. The van der Waals surface area contributed by atoms with Gasteiger partial charge in [0.25, 0.3) is 0 Å². The first-order valence-corrected chi connectivity index (χ1v) is 4.37. The minimum absolute atomic E-state index is 0.556. The molecule has 0 heterocycles. The zero-order chi connectivity index (χ0) is 8.69. The first kappa shape index (κ1) is 10.5. The Kier molecular flexibility index (Phi) is 5.97. The molecule has 0 aromatic rings. The van der Waals surface area contributed by atoms with Crippen molar-refractivity contribution in [2.75, 3.05) is 6.54 Å². The lowest BCUT2D eigenvalue weighted by molar-refractivity contribution is 0.425. The van der Waals surface area contributed by atoms with E-state index >= 15 is 0 Å². The molecule has 0 saturated carbocycles. The van der Waals surface area contributed by atoms with Crippen molar-refractivity contribution < 1.29 is 0 Å². The van der Waals surface area contributed by atoms with Crippen LogP contribution in [0, 0.1) is 18.3 Å². The van der Waals surface area contributed by atoms with Gasteiger partial charge >= 0.3 is 0 Å². The summed E-state index contributed by atoms with van der Waals surface area (Å²) < 4.78 is 0. The molecule has 0 amide bonds. The van der Waals surface area contributed by atoms with Gasteiger partial charge in [-0.3, -0.25) is 0 Å². The lowest BCUT2D eigenvalue weighted by Crippen LogP contribution is -2.27. The van der Waals surface area contributed by atoms with Gasteiger partial charge in [-0.25, -0.2) is 0 Å². The van der Waals surface area contributed by atoms with Gasteiger partial charge in [-0.15, -0.1) is 6.42 Å². The molecule has 1 N–H and O–H groups in total. The molecule has 0 aromatic heterocycles. The minimum atomic E-state index is 0.556. The van der Waals surface area contributed by atoms with Crippen molar-refractivity contribution in [1.82, 2.24) is 5.32 Å². The maximum absolute atomic E-state index is 5.13. The van der Waals surface area contributed by atoms with Crippen LogP contribution in [0.3, 0.4) is 0 Å². The van der Waals surface area contributed by atoms with Crippen LogP contribution >= 0.6 is 0 Å². The van der Waals surface area contributed by atoms with E-state index in [-0.39, 0.29) is 0 Å². The van der Waals surface area contributed by atoms with Gasteiger partial charge in [-0.2, -0.15) is 0 Å². The van der Waals surface area contributed by atoms with E-state index < -0.39 is 0 Å². The van der Waals surface area contributed by atoms with Crippen molar-refractivity contribution in [2.24, 2.45) is 5.92 Å². The van der Waals surface area contributed by atoms with E-state index in [1.165, 1.54) is 12.8 Å². The van der Waals surface area contributed by atoms with Crippen molar-refractivity contribution in [3.63, 3.8) is 0 Å². The summed E-state index contributed by atoms with van der Waals surface area (Å²) in [5.74, 6) is 3.38. The quantitative estimate of drug-likeness (QED) is 0.596. The van der Waals surface area contributed by atoms with E-state index in [0.29, 0.717) is 12.6 Å². The Hall–Kier alpha value is -0.480. The van der Waals surface area contributed by atoms with Crippen LogP contribution in [-0.4, -0.2) is 12.6 Å². The third kappa shape index (κ3) is 5.94. The molecule has 0 saturated heterocycles. The second kappa shape index (κ2) is 6.24. The average molecular weight is 153 g/mol. The summed E-state index contributed by atoms with van der Waals surface area (Å²) in [6.45, 7) is 7.37. The molecule has 0 aliphatic heterocycles. The Morgan fingerprint density at radius 2 is 2.09 bits per heavy atom. The fourth-order valence-corrected chi connectivity index (χ4v) is 1.09. The van der Waals surface area contributed by atoms with Crippen LogP contribution in [0.15, 0.2) is 0 Å². The highest BCUT2D eigenvalue weighted by molar-refractivity contribution is 4.87. The van der Waals surface area contributed by atoms with Crippen molar-refractivity contribution >= 4 is 0 Å². The van der Waals surface area contributed by atoms with Gasteiger partial charge in [0, 0.05) is 6.04 Å². The largest absolute Gasteiger partial charge is 0.304 e. The molecular formula is C10H19N. The van der Waals surface area contributed by atoms with Crippen LogP contribution in [0.2, 0.25) is 0 Å². The van der Waals surface area contributed by atoms with Crippen LogP contribution in [0.4, 0.5) is 0 Å². The number of hydrogen-bond acceptors (Lipinski definition) is 1. The maximum atomic E-state index is 5.13. The Morgan fingerprint density at radius 3 is 2.55 bits per heavy atom. The Balaban J connectivity index is 3.37. The summed E-state index contributed by atoms with van der Waals surface area (Å²) in [4.78, 5) is 0. The van der Waals surface area contributed by atoms with Gasteiger partial charge in [0.2, 0.25) is 0 Å². The van der Waals surface area contributed by atoms with E-state index in [2.05, 4.69) is 32.0 Å². The van der Waals surface area contributed by atoms with Gasteiger partial charge in [0.15, 0.2) is 0 Å². The minimum Gasteiger partial charge on any atom is -0.304 e. The van der Waals surface area contributed by atoms with E-state index in [9.17, 15) is 0 Å². The molecule has 0 rings (SSSR count). The monoisotopic (exact) mass is 153 g/mol. The fourth-order valence-electron chi connectivity index (χ4n) is 1.09. The molecule has 0 aromatic carbocycles. The van der Waals surface area contributed by atoms with E-state index in [4.69, 9.17) is 6.42 Å². The molecule has 1 nitrogen and oxygen atoms in total. The van der Waals surface area contributed by atoms with Crippen LogP contribution in [-0.2, 0) is 0 Å². The molecule has 64 valence electrons. The predicted molar refractivity (Wildman–Crippen MR) is 50.4 cm³/mol. The van der Waals surface area contributed by atoms with Crippen molar-refractivity contribution in [1.29, 1.82) is 0 Å². The first-order valence-electron chi connectivity index (χ1n) is 4.37. The fraction of sp³-hybridized carbons (Fsp3) is 0.800. The Labute approximate surface area is 70.6 Å². The third-order valence-electron chi connectivity index (χ3n) is 2.01. The molecule has 0 fully saturated rings. The van der Waals surface area contributed by atoms with Crippen LogP contribution < -0.4 is 5.32 Å². The molecule has 11 heavy (non-hydrogen) atoms. The first-order chi connectivity index (χ1) is 5.20. The van der Waals surface area contributed by atoms with Crippen molar-refractivity contribution in [2.45, 2.75) is 39.7 Å². The third-order valence-corrected chi connectivity index (χ3v) is 2.01.